The van der Waals surface area contributed by atoms with Crippen molar-refractivity contribution in [3.63, 3.8) is 0 Å². The summed E-state index contributed by atoms with van der Waals surface area (Å²) in [5.74, 6) is -0.0206. The number of benzene rings is 1. The molecule has 1 saturated heterocycles. The molecule has 8 heteroatoms. The van der Waals surface area contributed by atoms with Gasteiger partial charge in [0.2, 0.25) is 5.91 Å². The molecule has 0 radical (unpaired) electrons. The first kappa shape index (κ1) is 17.6. The van der Waals surface area contributed by atoms with Crippen LogP contribution >= 0.6 is 22.9 Å². The molecule has 1 aliphatic heterocycles. The number of carbonyl (C=O) groups is 2. The third kappa shape index (κ3) is 4.43. The summed E-state index contributed by atoms with van der Waals surface area (Å²) in [5, 5.41) is 10.9. The van der Waals surface area contributed by atoms with Gasteiger partial charge in [0, 0.05) is 23.7 Å². The van der Waals surface area contributed by atoms with Gasteiger partial charge >= 0.3 is 6.03 Å². The van der Waals surface area contributed by atoms with Gasteiger partial charge < -0.3 is 20.9 Å². The highest BCUT2D eigenvalue weighted by Gasteiger charge is 2.18. The Bertz CT molecular complexity index is 793. The van der Waals surface area contributed by atoms with Gasteiger partial charge in [0.25, 0.3) is 0 Å². The number of hydrogen-bond acceptors (Lipinski definition) is 4. The maximum atomic E-state index is 12.0. The first-order chi connectivity index (χ1) is 12.0. The fourth-order valence-corrected chi connectivity index (χ4v) is 3.75. The Morgan fingerprint density at radius 3 is 2.92 bits per heavy atom. The van der Waals surface area contributed by atoms with E-state index in [0.29, 0.717) is 30.3 Å². The lowest BCUT2D eigenvalue weighted by Gasteiger charge is -2.29. The molecule has 0 atom stereocenters. The van der Waals surface area contributed by atoms with Gasteiger partial charge in [0.1, 0.15) is 0 Å². The SMILES string of the molecule is Cc1ccsc1CNC(=O)Nc1ccc(N2CCNC(=O)C2)c(Cl)c1. The van der Waals surface area contributed by atoms with Crippen LogP contribution in [0.5, 0.6) is 0 Å². The Morgan fingerprint density at radius 2 is 2.24 bits per heavy atom. The lowest BCUT2D eigenvalue weighted by atomic mass is 10.2. The van der Waals surface area contributed by atoms with E-state index in [1.807, 2.05) is 29.3 Å². The molecule has 132 valence electrons. The van der Waals surface area contributed by atoms with E-state index in [-0.39, 0.29) is 18.5 Å². The average Bonchev–Trinajstić information content (AvgIpc) is 2.98. The molecule has 0 bridgehead atoms. The van der Waals surface area contributed by atoms with Crippen LogP contribution in [-0.2, 0) is 11.3 Å². The molecular formula is C17H19ClN4O2S. The van der Waals surface area contributed by atoms with Crippen LogP contribution in [0, 0.1) is 6.92 Å². The van der Waals surface area contributed by atoms with Crippen molar-refractivity contribution in [3.8, 4) is 0 Å². The van der Waals surface area contributed by atoms with Gasteiger partial charge in [-0.25, -0.2) is 4.79 Å². The lowest BCUT2D eigenvalue weighted by molar-refractivity contribution is -0.120. The van der Waals surface area contributed by atoms with E-state index in [2.05, 4.69) is 16.0 Å². The monoisotopic (exact) mass is 378 g/mol. The second-order valence-electron chi connectivity index (χ2n) is 5.77. The second kappa shape index (κ2) is 7.76. The van der Waals surface area contributed by atoms with Crippen LogP contribution < -0.4 is 20.9 Å². The highest BCUT2D eigenvalue weighted by molar-refractivity contribution is 7.10. The van der Waals surface area contributed by atoms with Gasteiger partial charge in [-0.3, -0.25) is 4.79 Å². The molecule has 0 spiro atoms. The molecule has 1 aromatic carbocycles. The molecule has 1 aliphatic rings. The number of thiophene rings is 1. The number of rotatable bonds is 4. The van der Waals surface area contributed by atoms with Gasteiger partial charge in [0.05, 0.1) is 23.8 Å². The summed E-state index contributed by atoms with van der Waals surface area (Å²) in [5.41, 5.74) is 2.57. The van der Waals surface area contributed by atoms with E-state index in [9.17, 15) is 9.59 Å². The highest BCUT2D eigenvalue weighted by Crippen LogP contribution is 2.29. The maximum Gasteiger partial charge on any atom is 0.319 e. The smallest absolute Gasteiger partial charge is 0.319 e. The van der Waals surface area contributed by atoms with Gasteiger partial charge in [-0.15, -0.1) is 11.3 Å². The van der Waals surface area contributed by atoms with E-state index < -0.39 is 0 Å². The van der Waals surface area contributed by atoms with E-state index in [1.54, 1.807) is 23.5 Å². The fraction of sp³-hybridized carbons (Fsp3) is 0.294. The number of halogens is 1. The topological polar surface area (TPSA) is 73.5 Å². The third-order valence-electron chi connectivity index (χ3n) is 3.96. The van der Waals surface area contributed by atoms with E-state index >= 15 is 0 Å². The molecule has 2 aromatic rings. The van der Waals surface area contributed by atoms with Crippen LogP contribution in [0.4, 0.5) is 16.2 Å². The van der Waals surface area contributed by atoms with Crippen molar-refractivity contribution in [3.05, 3.63) is 45.1 Å². The number of nitrogens with one attached hydrogen (secondary N) is 3. The number of amides is 3. The molecule has 0 saturated carbocycles. The van der Waals surface area contributed by atoms with Crippen molar-refractivity contribution in [2.75, 3.05) is 29.9 Å². The number of anilines is 2. The molecule has 25 heavy (non-hydrogen) atoms. The van der Waals surface area contributed by atoms with Gasteiger partial charge in [-0.2, -0.15) is 0 Å². The zero-order valence-electron chi connectivity index (χ0n) is 13.8. The van der Waals surface area contributed by atoms with Gasteiger partial charge in [0.15, 0.2) is 0 Å². The number of urea groups is 1. The Kier molecular flexibility index (Phi) is 5.45. The molecule has 3 N–H and O–H groups in total. The lowest BCUT2D eigenvalue weighted by Crippen LogP contribution is -2.47. The van der Waals surface area contributed by atoms with Crippen molar-refractivity contribution < 1.29 is 9.59 Å². The predicted octanol–water partition coefficient (Wildman–Crippen LogP) is 2.97. The van der Waals surface area contributed by atoms with Crippen molar-refractivity contribution >= 4 is 46.3 Å². The van der Waals surface area contributed by atoms with Crippen molar-refractivity contribution in [1.29, 1.82) is 0 Å². The maximum absolute atomic E-state index is 12.0. The summed E-state index contributed by atoms with van der Waals surface area (Å²) >= 11 is 7.95. The van der Waals surface area contributed by atoms with Crippen LogP contribution in [0.3, 0.4) is 0 Å². The summed E-state index contributed by atoms with van der Waals surface area (Å²) in [4.78, 5) is 26.6. The molecule has 6 nitrogen and oxygen atoms in total. The minimum Gasteiger partial charge on any atom is -0.359 e. The predicted molar refractivity (Wildman–Crippen MR) is 102 cm³/mol. The van der Waals surface area contributed by atoms with E-state index in [4.69, 9.17) is 11.6 Å². The summed E-state index contributed by atoms with van der Waals surface area (Å²) in [7, 11) is 0. The zero-order valence-corrected chi connectivity index (χ0v) is 15.3. The largest absolute Gasteiger partial charge is 0.359 e. The first-order valence-corrected chi connectivity index (χ1v) is 9.17. The molecule has 0 unspecified atom stereocenters. The molecule has 3 rings (SSSR count). The van der Waals surface area contributed by atoms with Crippen molar-refractivity contribution in [1.82, 2.24) is 10.6 Å². The van der Waals surface area contributed by atoms with Crippen molar-refractivity contribution in [2.45, 2.75) is 13.5 Å². The van der Waals surface area contributed by atoms with Crippen LogP contribution in [0.25, 0.3) is 0 Å². The number of nitrogens with zero attached hydrogens (tertiary/aromatic N) is 1. The van der Waals surface area contributed by atoms with Crippen molar-refractivity contribution in [2.24, 2.45) is 0 Å². The molecular weight excluding hydrogens is 360 g/mol. The van der Waals surface area contributed by atoms with E-state index in [1.165, 1.54) is 5.56 Å². The molecule has 0 aliphatic carbocycles. The number of piperazine rings is 1. The number of hydrogen-bond donors (Lipinski definition) is 3. The van der Waals surface area contributed by atoms with Gasteiger partial charge in [-0.05, 0) is 42.1 Å². The second-order valence-corrected chi connectivity index (χ2v) is 7.18. The van der Waals surface area contributed by atoms with Gasteiger partial charge in [-0.1, -0.05) is 11.6 Å². The first-order valence-electron chi connectivity index (χ1n) is 7.92. The summed E-state index contributed by atoms with van der Waals surface area (Å²) < 4.78 is 0. The molecule has 1 aromatic heterocycles. The molecule has 2 heterocycles. The van der Waals surface area contributed by atoms with E-state index in [0.717, 1.165) is 10.6 Å². The molecule has 3 amide bonds. The summed E-state index contributed by atoms with van der Waals surface area (Å²) in [6.07, 6.45) is 0. The van der Waals surface area contributed by atoms with Crippen LogP contribution in [0.15, 0.2) is 29.6 Å². The Balaban J connectivity index is 1.59. The highest BCUT2D eigenvalue weighted by atomic mass is 35.5. The zero-order chi connectivity index (χ0) is 17.8. The Hall–Kier alpha value is -2.25. The normalized spacial score (nSPS) is 14.2. The number of carbonyl (C=O) groups excluding carboxylic acids is 2. The summed E-state index contributed by atoms with van der Waals surface area (Å²) in [6, 6.07) is 7.04. The standard InChI is InChI=1S/C17H19ClN4O2S/c1-11-4-7-25-15(11)9-20-17(24)21-12-2-3-14(13(18)8-12)22-6-5-19-16(23)10-22/h2-4,7-8H,5-6,9-10H2,1H3,(H,19,23)(H2,20,21,24). The number of aryl methyl sites for hydroxylation is 1. The van der Waals surface area contributed by atoms with Crippen LogP contribution in [0.2, 0.25) is 5.02 Å². The Labute approximate surface area is 155 Å². The quantitative estimate of drug-likeness (QED) is 0.765. The average molecular weight is 379 g/mol. The minimum atomic E-state index is -0.283. The van der Waals surface area contributed by atoms with Crippen LogP contribution in [0.1, 0.15) is 10.4 Å². The molecule has 1 fully saturated rings. The minimum absolute atomic E-state index is 0.0206. The Morgan fingerprint density at radius 1 is 1.40 bits per heavy atom. The van der Waals surface area contributed by atoms with Crippen LogP contribution in [-0.4, -0.2) is 31.6 Å². The summed E-state index contributed by atoms with van der Waals surface area (Å²) in [6.45, 7) is 4.10. The fourth-order valence-electron chi connectivity index (χ4n) is 2.61. The third-order valence-corrected chi connectivity index (χ3v) is 5.29.